The van der Waals surface area contributed by atoms with Gasteiger partial charge in [0.2, 0.25) is 11.8 Å². The smallest absolute Gasteiger partial charge is 0.339 e. The lowest BCUT2D eigenvalue weighted by atomic mass is 9.49. The molecule has 0 spiro atoms. The lowest BCUT2D eigenvalue weighted by Gasteiger charge is -2.50. The number of allylic oxidation sites excluding steroid dienone is 2. The number of imide groups is 2. The number of carbonyl (C=O) groups excluding carboxylic acids is 4. The molecule has 8 rings (SSSR count). The van der Waals surface area contributed by atoms with E-state index in [0.29, 0.717) is 27.7 Å². The first-order valence-electron chi connectivity index (χ1n) is 17.6. The molecule has 1 saturated carbocycles. The Morgan fingerprint density at radius 3 is 2.20 bits per heavy atom. The Balaban J connectivity index is 1.33. The van der Waals surface area contributed by atoms with Gasteiger partial charge in [0, 0.05) is 22.6 Å². The minimum atomic E-state index is -1.72. The number of hydrogen-bond acceptors (Lipinski definition) is 10. The monoisotopic (exact) mass is 797 g/mol. The van der Waals surface area contributed by atoms with E-state index in [9.17, 15) is 34.5 Å². The fourth-order valence-electron chi connectivity index (χ4n) is 9.17. The first-order chi connectivity index (χ1) is 26.8. The number of phenolic OH excluding ortho intramolecular Hbond substituents is 1. The van der Waals surface area contributed by atoms with E-state index in [1.54, 1.807) is 42.5 Å². The third-order valence-corrected chi connectivity index (χ3v) is 12.1. The number of carboxylic acids is 1. The van der Waals surface area contributed by atoms with E-state index in [2.05, 4.69) is 5.43 Å². The molecule has 13 nitrogen and oxygen atoms in total. The van der Waals surface area contributed by atoms with E-state index in [0.717, 1.165) is 22.0 Å². The van der Waals surface area contributed by atoms with Gasteiger partial charge in [-0.3, -0.25) is 24.6 Å². The van der Waals surface area contributed by atoms with Gasteiger partial charge in [-0.1, -0.05) is 47.0 Å². The molecular weight excluding hydrogens is 765 g/mol. The maximum absolute atomic E-state index is 15.4. The van der Waals surface area contributed by atoms with Crippen LogP contribution < -0.4 is 19.8 Å². The lowest BCUT2D eigenvalue weighted by molar-refractivity contribution is -0.138. The summed E-state index contributed by atoms with van der Waals surface area (Å²) in [5.74, 6) is -8.70. The Kier molecular flexibility index (Phi) is 8.97. The Morgan fingerprint density at radius 1 is 0.821 bits per heavy atom. The fraction of sp³-hybridized carbons (Fsp3) is 0.244. The molecule has 6 atom stereocenters. The van der Waals surface area contributed by atoms with Crippen molar-refractivity contribution >= 4 is 64.2 Å². The van der Waals surface area contributed by atoms with Crippen molar-refractivity contribution in [1.29, 1.82) is 0 Å². The zero-order chi connectivity index (χ0) is 39.8. The van der Waals surface area contributed by atoms with Crippen molar-refractivity contribution in [3.05, 3.63) is 117 Å². The third-order valence-electron chi connectivity index (χ3n) is 11.6. The molecule has 4 aliphatic rings. The number of hydrogen-bond donors (Lipinski definition) is 4. The van der Waals surface area contributed by atoms with Gasteiger partial charge in [-0.2, -0.15) is 5.01 Å². The quantitative estimate of drug-likeness (QED) is 0.116. The van der Waals surface area contributed by atoms with Crippen LogP contribution in [0.15, 0.2) is 90.5 Å². The number of rotatable bonds is 8. The van der Waals surface area contributed by atoms with E-state index in [1.165, 1.54) is 38.5 Å². The minimum Gasteiger partial charge on any atom is -0.508 e. The summed E-state index contributed by atoms with van der Waals surface area (Å²) in [7, 11) is 2.95. The number of carbonyl (C=O) groups is 5. The summed E-state index contributed by atoms with van der Waals surface area (Å²) in [6.07, 6.45) is 1.85. The summed E-state index contributed by atoms with van der Waals surface area (Å²) < 4.78 is 11.0. The normalized spacial score (nSPS) is 25.4. The maximum Gasteiger partial charge on any atom is 0.339 e. The number of nitrogens with zero attached hydrogens (tertiary/aromatic N) is 2. The van der Waals surface area contributed by atoms with Crippen LogP contribution in [0.2, 0.25) is 10.0 Å². The van der Waals surface area contributed by atoms with Gasteiger partial charge in [0.05, 0.1) is 53.8 Å². The second kappa shape index (κ2) is 13.6. The number of methoxy groups -OCH3 is 2. The highest BCUT2D eigenvalue weighted by molar-refractivity contribution is 6.36. The topological polar surface area (TPSA) is 183 Å². The molecule has 3 fully saturated rings. The molecule has 0 radical (unpaired) electrons. The Morgan fingerprint density at radius 2 is 1.54 bits per heavy atom. The van der Waals surface area contributed by atoms with Crippen molar-refractivity contribution < 1.29 is 48.8 Å². The lowest BCUT2D eigenvalue weighted by Crippen LogP contribution is -2.53. The molecule has 286 valence electrons. The number of halogens is 2. The number of fused-ring (bicyclic) bond motifs is 4. The number of nitrogens with one attached hydrogen (secondary N) is 1. The first-order valence-corrected chi connectivity index (χ1v) is 18.3. The molecule has 4 aromatic rings. The number of benzene rings is 4. The van der Waals surface area contributed by atoms with Crippen LogP contribution in [-0.2, 0) is 24.6 Å². The van der Waals surface area contributed by atoms with E-state index in [-0.39, 0.29) is 40.6 Å². The van der Waals surface area contributed by atoms with E-state index < -0.39 is 75.9 Å². The predicted octanol–water partition coefficient (Wildman–Crippen LogP) is 6.31. The molecule has 6 unspecified atom stereocenters. The number of aromatic carboxylic acids is 1. The average molecular weight is 799 g/mol. The van der Waals surface area contributed by atoms with Crippen molar-refractivity contribution in [2.45, 2.75) is 24.2 Å². The summed E-state index contributed by atoms with van der Waals surface area (Å²) >= 11 is 12.7. The summed E-state index contributed by atoms with van der Waals surface area (Å²) in [5.41, 5.74) is 2.28. The SMILES string of the molecule is COc1ccc(C23C(=O)N(Nc4ccc(Cl)cc4Cl)C(=O)C2CC2C(=CCC4C(=O)N(c5ccc(C(=O)O)c(O)c5)C(=O)C42)C3c2cc(OC)ccc2O)cc1. The maximum atomic E-state index is 15.4. The molecule has 4 N–H and O–H groups in total. The van der Waals surface area contributed by atoms with E-state index in [4.69, 9.17) is 32.7 Å². The largest absolute Gasteiger partial charge is 0.508 e. The van der Waals surface area contributed by atoms with Crippen LogP contribution in [-0.4, -0.2) is 64.1 Å². The molecule has 4 aromatic carbocycles. The summed E-state index contributed by atoms with van der Waals surface area (Å²) in [6, 6.07) is 19.3. The zero-order valence-electron chi connectivity index (χ0n) is 29.7. The van der Waals surface area contributed by atoms with Gasteiger partial charge in [0.1, 0.15) is 28.6 Å². The van der Waals surface area contributed by atoms with E-state index >= 15 is 4.79 Å². The molecule has 4 amide bonds. The minimum absolute atomic E-state index is 0.00818. The van der Waals surface area contributed by atoms with Crippen LogP contribution in [0.5, 0.6) is 23.0 Å². The second-order valence-corrected chi connectivity index (χ2v) is 15.0. The number of phenols is 2. The molecule has 0 aromatic heterocycles. The molecule has 0 bridgehead atoms. The predicted molar refractivity (Wildman–Crippen MR) is 203 cm³/mol. The van der Waals surface area contributed by atoms with Crippen LogP contribution in [0.3, 0.4) is 0 Å². The van der Waals surface area contributed by atoms with Gasteiger partial charge in [-0.05, 0) is 85.0 Å². The Labute approximate surface area is 329 Å². The highest BCUT2D eigenvalue weighted by atomic mass is 35.5. The molecule has 56 heavy (non-hydrogen) atoms. The second-order valence-electron chi connectivity index (χ2n) is 14.2. The molecule has 2 aliphatic carbocycles. The van der Waals surface area contributed by atoms with Crippen molar-refractivity contribution in [3.63, 3.8) is 0 Å². The van der Waals surface area contributed by atoms with Gasteiger partial charge in [-0.25, -0.2) is 9.69 Å². The zero-order valence-corrected chi connectivity index (χ0v) is 31.2. The number of hydrazine groups is 1. The molecular formula is C41H33Cl2N3O10. The van der Waals surface area contributed by atoms with Crippen LogP contribution in [0.25, 0.3) is 0 Å². The molecule has 2 aliphatic heterocycles. The number of carboxylic acid groups (broad SMARTS) is 1. The van der Waals surface area contributed by atoms with Crippen LogP contribution >= 0.6 is 23.2 Å². The van der Waals surface area contributed by atoms with Gasteiger partial charge in [0.25, 0.3) is 11.8 Å². The van der Waals surface area contributed by atoms with Crippen molar-refractivity contribution in [2.24, 2.45) is 23.7 Å². The highest BCUT2D eigenvalue weighted by Crippen LogP contribution is 2.65. The van der Waals surface area contributed by atoms with Crippen LogP contribution in [0, 0.1) is 23.7 Å². The molecule has 15 heteroatoms. The first kappa shape index (κ1) is 36.9. The number of anilines is 2. The van der Waals surface area contributed by atoms with Gasteiger partial charge < -0.3 is 24.8 Å². The van der Waals surface area contributed by atoms with Crippen LogP contribution in [0.4, 0.5) is 11.4 Å². The van der Waals surface area contributed by atoms with Crippen molar-refractivity contribution in [2.75, 3.05) is 24.5 Å². The summed E-state index contributed by atoms with van der Waals surface area (Å²) in [4.78, 5) is 71.6. The summed E-state index contributed by atoms with van der Waals surface area (Å²) in [6.45, 7) is 0. The number of ether oxygens (including phenoxy) is 2. The Bertz CT molecular complexity index is 2400. The number of aromatic hydroxyl groups is 2. The van der Waals surface area contributed by atoms with Gasteiger partial charge in [0.15, 0.2) is 0 Å². The van der Waals surface area contributed by atoms with E-state index in [1.807, 2.05) is 6.08 Å². The third kappa shape index (κ3) is 5.40. The highest BCUT2D eigenvalue weighted by Gasteiger charge is 2.70. The average Bonchev–Trinajstić information content (AvgIpc) is 3.56. The van der Waals surface area contributed by atoms with Gasteiger partial charge >= 0.3 is 5.97 Å². The van der Waals surface area contributed by atoms with Gasteiger partial charge in [-0.15, -0.1) is 0 Å². The Hall–Kier alpha value is -6.05. The standard InChI is InChI=1S/C41H33Cl2N3O10/c1-55-22-7-3-19(4-8-22)41-29(37(50)46(40(41)54)44-31-13-5-20(42)15-30(31)43)18-27-24(35(41)28-17-23(56-2)9-14-32(28)47)11-12-26-34(27)38(51)45(36(26)49)21-6-10-25(39(52)53)33(48)16-21/h3-11,13-17,26-27,29,34-35,44,47-48H,12,18H2,1-2H3,(H,52,53). The summed E-state index contributed by atoms with van der Waals surface area (Å²) in [5, 5.41) is 33.0. The number of amides is 4. The van der Waals surface area contributed by atoms with Crippen molar-refractivity contribution in [1.82, 2.24) is 5.01 Å². The molecule has 2 saturated heterocycles. The van der Waals surface area contributed by atoms with Crippen LogP contribution in [0.1, 0.15) is 40.2 Å². The van der Waals surface area contributed by atoms with Crippen molar-refractivity contribution in [3.8, 4) is 23.0 Å². The molecule has 2 heterocycles. The fourth-order valence-corrected chi connectivity index (χ4v) is 9.62.